The highest BCUT2D eigenvalue weighted by molar-refractivity contribution is 5.76. The van der Waals surface area contributed by atoms with Gasteiger partial charge in [0.05, 0.1) is 31.3 Å². The van der Waals surface area contributed by atoms with Gasteiger partial charge in [-0.15, -0.1) is 0 Å². The molecular formula is C57H111NO4. The second-order valence-corrected chi connectivity index (χ2v) is 19.5. The Morgan fingerprint density at radius 1 is 0.403 bits per heavy atom. The molecule has 0 radical (unpaired) electrons. The molecule has 1 amide bonds. The van der Waals surface area contributed by atoms with Crippen molar-refractivity contribution >= 4 is 5.91 Å². The molecule has 0 aromatic heterocycles. The third-order valence-electron chi connectivity index (χ3n) is 13.2. The highest BCUT2D eigenvalue weighted by Gasteiger charge is 2.20. The van der Waals surface area contributed by atoms with Crippen LogP contribution in [0.3, 0.4) is 0 Å². The van der Waals surface area contributed by atoms with Gasteiger partial charge in [-0.3, -0.25) is 4.79 Å². The van der Waals surface area contributed by atoms with Crippen molar-refractivity contribution in [3.05, 3.63) is 24.3 Å². The molecule has 0 saturated heterocycles. The Balaban J connectivity index is 3.52. The van der Waals surface area contributed by atoms with E-state index in [0.29, 0.717) is 6.42 Å². The molecule has 0 saturated carbocycles. The Bertz CT molecular complexity index is 920. The highest BCUT2D eigenvalue weighted by Crippen LogP contribution is 2.18. The van der Waals surface area contributed by atoms with Crippen LogP contribution in [-0.2, 0) is 4.79 Å². The van der Waals surface area contributed by atoms with Gasteiger partial charge in [0.25, 0.3) is 0 Å². The van der Waals surface area contributed by atoms with Crippen LogP contribution in [0.2, 0.25) is 0 Å². The lowest BCUT2D eigenvalue weighted by Gasteiger charge is -2.21. The minimum Gasteiger partial charge on any atom is -0.394 e. The van der Waals surface area contributed by atoms with Gasteiger partial charge in [0.1, 0.15) is 0 Å². The topological polar surface area (TPSA) is 89.8 Å². The number of aliphatic hydroxyl groups excluding tert-OH is 3. The van der Waals surface area contributed by atoms with Crippen molar-refractivity contribution in [1.29, 1.82) is 0 Å². The molecule has 0 aliphatic carbocycles. The molecule has 0 aliphatic rings. The van der Waals surface area contributed by atoms with Crippen molar-refractivity contribution in [3.63, 3.8) is 0 Å². The van der Waals surface area contributed by atoms with E-state index in [4.69, 9.17) is 0 Å². The van der Waals surface area contributed by atoms with Gasteiger partial charge >= 0.3 is 0 Å². The Morgan fingerprint density at radius 3 is 1.03 bits per heavy atom. The highest BCUT2D eigenvalue weighted by atomic mass is 16.3. The average Bonchev–Trinajstić information content (AvgIpc) is 3.27. The molecule has 368 valence electrons. The molecule has 0 rings (SSSR count). The molecule has 0 aromatic carbocycles. The summed E-state index contributed by atoms with van der Waals surface area (Å²) in [6.45, 7) is 4.23. The number of aliphatic hydroxyl groups is 3. The van der Waals surface area contributed by atoms with E-state index in [1.165, 1.54) is 250 Å². The van der Waals surface area contributed by atoms with Gasteiger partial charge in [0.2, 0.25) is 5.91 Å². The summed E-state index contributed by atoms with van der Waals surface area (Å²) >= 11 is 0. The van der Waals surface area contributed by atoms with E-state index < -0.39 is 18.2 Å². The fourth-order valence-electron chi connectivity index (χ4n) is 8.95. The lowest BCUT2D eigenvalue weighted by molar-refractivity contribution is -0.124. The molecule has 0 heterocycles. The second-order valence-electron chi connectivity index (χ2n) is 19.5. The van der Waals surface area contributed by atoms with Crippen molar-refractivity contribution in [3.8, 4) is 0 Å². The molecule has 5 heteroatoms. The molecular weight excluding hydrogens is 763 g/mol. The third-order valence-corrected chi connectivity index (χ3v) is 13.2. The first-order chi connectivity index (χ1) is 30.5. The summed E-state index contributed by atoms with van der Waals surface area (Å²) < 4.78 is 0. The van der Waals surface area contributed by atoms with Crippen LogP contribution in [0.5, 0.6) is 0 Å². The number of hydrogen-bond donors (Lipinski definition) is 4. The molecule has 0 aliphatic heterocycles. The summed E-state index contributed by atoms with van der Waals surface area (Å²) in [5.74, 6) is -0.320. The summed E-state index contributed by atoms with van der Waals surface area (Å²) in [7, 11) is 0. The Kier molecular flexibility index (Phi) is 51.5. The largest absolute Gasteiger partial charge is 0.394 e. The first-order valence-corrected chi connectivity index (χ1v) is 28.1. The molecule has 62 heavy (non-hydrogen) atoms. The van der Waals surface area contributed by atoms with Crippen LogP contribution >= 0.6 is 0 Å². The fourth-order valence-corrected chi connectivity index (χ4v) is 8.95. The summed E-state index contributed by atoms with van der Waals surface area (Å²) in [6, 6.07) is -0.758. The predicted molar refractivity (Wildman–Crippen MR) is 273 cm³/mol. The minimum atomic E-state index is -0.949. The van der Waals surface area contributed by atoms with E-state index in [0.717, 1.165) is 32.1 Å². The van der Waals surface area contributed by atoms with E-state index in [-0.39, 0.29) is 18.9 Å². The number of rotatable bonds is 52. The third kappa shape index (κ3) is 48.3. The average molecular weight is 875 g/mol. The van der Waals surface area contributed by atoms with Crippen LogP contribution < -0.4 is 5.32 Å². The number of carbonyl (C=O) groups excluding carboxylic acids is 1. The van der Waals surface area contributed by atoms with E-state index in [1.54, 1.807) is 6.08 Å². The lowest BCUT2D eigenvalue weighted by Crippen LogP contribution is -2.45. The first-order valence-electron chi connectivity index (χ1n) is 28.1. The van der Waals surface area contributed by atoms with Gasteiger partial charge in [-0.05, 0) is 32.1 Å². The van der Waals surface area contributed by atoms with Crippen molar-refractivity contribution in [2.45, 2.75) is 327 Å². The van der Waals surface area contributed by atoms with E-state index in [1.807, 2.05) is 6.08 Å². The zero-order chi connectivity index (χ0) is 45.1. The SMILES string of the molecule is CCCCCCCCCCCCC/C=C/CC/C=C/C(O)C(CO)NC(=O)CC(O)CCCCCCCCCCCCCCCCCCCCCCCCCCCCCCCC. The van der Waals surface area contributed by atoms with Gasteiger partial charge in [-0.1, -0.05) is 295 Å². The zero-order valence-electron chi connectivity index (χ0n) is 42.0. The number of unbranched alkanes of at least 4 members (excludes halogenated alkanes) is 41. The van der Waals surface area contributed by atoms with Gasteiger partial charge in [0, 0.05) is 0 Å². The van der Waals surface area contributed by atoms with Crippen LogP contribution in [0, 0.1) is 0 Å². The normalized spacial score (nSPS) is 13.4. The molecule has 4 N–H and O–H groups in total. The van der Waals surface area contributed by atoms with Gasteiger partial charge in [-0.25, -0.2) is 0 Å². The molecule has 0 spiro atoms. The van der Waals surface area contributed by atoms with Crippen molar-refractivity contribution in [1.82, 2.24) is 5.32 Å². The number of amides is 1. The quantitative estimate of drug-likeness (QED) is 0.0362. The Labute approximate surface area is 388 Å². The van der Waals surface area contributed by atoms with Crippen molar-refractivity contribution < 1.29 is 20.1 Å². The number of nitrogens with one attached hydrogen (secondary N) is 1. The van der Waals surface area contributed by atoms with Gasteiger partial charge in [0.15, 0.2) is 0 Å². The van der Waals surface area contributed by atoms with E-state index in [2.05, 4.69) is 31.3 Å². The summed E-state index contributed by atoms with van der Waals surface area (Å²) in [5, 5.41) is 33.4. The van der Waals surface area contributed by atoms with Crippen LogP contribution in [0.4, 0.5) is 0 Å². The van der Waals surface area contributed by atoms with Crippen LogP contribution in [0.25, 0.3) is 0 Å². The van der Waals surface area contributed by atoms with Crippen molar-refractivity contribution in [2.24, 2.45) is 0 Å². The molecule has 0 aromatic rings. The fraction of sp³-hybridized carbons (Fsp3) is 0.912. The first kappa shape index (κ1) is 60.8. The number of allylic oxidation sites excluding steroid dienone is 3. The van der Waals surface area contributed by atoms with Crippen molar-refractivity contribution in [2.75, 3.05) is 6.61 Å². The monoisotopic (exact) mass is 874 g/mol. The minimum absolute atomic E-state index is 0.0103. The molecule has 3 unspecified atom stereocenters. The molecule has 3 atom stereocenters. The zero-order valence-corrected chi connectivity index (χ0v) is 42.0. The maximum absolute atomic E-state index is 12.5. The van der Waals surface area contributed by atoms with E-state index in [9.17, 15) is 20.1 Å². The molecule has 0 bridgehead atoms. The van der Waals surface area contributed by atoms with Crippen LogP contribution in [-0.4, -0.2) is 46.1 Å². The van der Waals surface area contributed by atoms with E-state index >= 15 is 0 Å². The predicted octanol–water partition coefficient (Wildman–Crippen LogP) is 17.3. The summed E-state index contributed by atoms with van der Waals surface area (Å²) in [4.78, 5) is 12.5. The van der Waals surface area contributed by atoms with Gasteiger partial charge < -0.3 is 20.6 Å². The number of hydrogen-bond acceptors (Lipinski definition) is 4. The van der Waals surface area contributed by atoms with Crippen LogP contribution in [0.15, 0.2) is 24.3 Å². The number of carbonyl (C=O) groups is 1. The second kappa shape index (κ2) is 52.5. The summed E-state index contributed by atoms with van der Waals surface area (Å²) in [6.07, 6.45) is 66.6. The Morgan fingerprint density at radius 2 is 0.694 bits per heavy atom. The van der Waals surface area contributed by atoms with Crippen LogP contribution in [0.1, 0.15) is 309 Å². The summed E-state index contributed by atoms with van der Waals surface area (Å²) in [5.41, 5.74) is 0. The maximum Gasteiger partial charge on any atom is 0.222 e. The standard InChI is InChI=1S/C57H111NO4/c1-3-5-7-9-11-13-15-17-19-21-22-23-24-25-26-27-28-29-30-31-32-33-35-36-38-40-42-44-46-48-50-54(60)52-57(62)58-55(53-59)56(61)51-49-47-45-43-41-39-37-34-20-18-16-14-12-10-8-6-4-2/h41,43,49,51,54-56,59-61H,3-40,42,44-48,50,52-53H2,1-2H3,(H,58,62)/b43-41+,51-49+. The maximum atomic E-state index is 12.5. The smallest absolute Gasteiger partial charge is 0.222 e. The van der Waals surface area contributed by atoms with Gasteiger partial charge in [-0.2, -0.15) is 0 Å². The lowest BCUT2D eigenvalue weighted by atomic mass is 10.0. The molecule has 0 fully saturated rings. The molecule has 5 nitrogen and oxygen atoms in total. The Hall–Kier alpha value is -1.17.